The van der Waals surface area contributed by atoms with Crippen molar-refractivity contribution in [1.29, 1.82) is 0 Å². The molecule has 0 saturated heterocycles. The molecule has 0 aromatic carbocycles. The van der Waals surface area contributed by atoms with E-state index < -0.39 is 6.04 Å². The van der Waals surface area contributed by atoms with Crippen LogP contribution < -0.4 is 10.6 Å². The molecule has 3 aromatic rings. The van der Waals surface area contributed by atoms with Gasteiger partial charge in [-0.15, -0.1) is 0 Å². The number of carbonyl (C=O) groups excluding carboxylic acids is 2. The number of carbonyl (C=O) groups is 2. The van der Waals surface area contributed by atoms with Crippen molar-refractivity contribution in [2.75, 3.05) is 5.32 Å². The number of hydrogen-bond acceptors (Lipinski definition) is 5. The predicted molar refractivity (Wildman–Crippen MR) is 143 cm³/mol. The summed E-state index contributed by atoms with van der Waals surface area (Å²) < 4.78 is 1.68. The van der Waals surface area contributed by atoms with Gasteiger partial charge in [-0.2, -0.15) is 5.10 Å². The second-order valence-electron chi connectivity index (χ2n) is 10.6. The fourth-order valence-corrected chi connectivity index (χ4v) is 5.59. The standard InChI is InChI=1S/C28H33ClN6O2/c1-15(2)35-21(12-14-31-35)27(36)34-25(24(18-5-6-18)19-7-8-19)28(37)33-22-10-9-20(26(29)32-22)23-16(3)11-13-30-17(23)4/h9-15,18-19,24-25H,5-8H2,1-4H3,(H,34,36)(H,32,33,37)/t25-/m0/s1. The average Bonchev–Trinajstić information content (AvgIpc) is 3.79. The lowest BCUT2D eigenvalue weighted by Crippen LogP contribution is -2.50. The molecule has 3 heterocycles. The summed E-state index contributed by atoms with van der Waals surface area (Å²) in [6.07, 6.45) is 7.74. The maximum Gasteiger partial charge on any atom is 0.270 e. The number of rotatable bonds is 9. The fraction of sp³-hybridized carbons (Fsp3) is 0.464. The van der Waals surface area contributed by atoms with Gasteiger partial charge < -0.3 is 10.6 Å². The van der Waals surface area contributed by atoms with Crippen LogP contribution in [0.3, 0.4) is 0 Å². The van der Waals surface area contributed by atoms with E-state index in [9.17, 15) is 9.59 Å². The lowest BCUT2D eigenvalue weighted by Gasteiger charge is -2.27. The van der Waals surface area contributed by atoms with Crippen molar-refractivity contribution in [3.63, 3.8) is 0 Å². The average molecular weight is 521 g/mol. The second kappa shape index (κ2) is 10.2. The molecule has 3 aromatic heterocycles. The number of aryl methyl sites for hydroxylation is 2. The highest BCUT2D eigenvalue weighted by molar-refractivity contribution is 6.32. The molecular weight excluding hydrogens is 488 g/mol. The molecule has 0 aliphatic heterocycles. The number of anilines is 1. The quantitative estimate of drug-likeness (QED) is 0.369. The van der Waals surface area contributed by atoms with Gasteiger partial charge in [0.05, 0.1) is 0 Å². The van der Waals surface area contributed by atoms with Crippen LogP contribution in [0.15, 0.2) is 36.7 Å². The molecule has 0 radical (unpaired) electrons. The monoisotopic (exact) mass is 520 g/mol. The minimum absolute atomic E-state index is 0.0302. The predicted octanol–water partition coefficient (Wildman–Crippen LogP) is 5.36. The highest BCUT2D eigenvalue weighted by Crippen LogP contribution is 2.51. The Balaban J connectivity index is 1.39. The van der Waals surface area contributed by atoms with E-state index in [1.165, 1.54) is 0 Å². The molecule has 0 bridgehead atoms. The summed E-state index contributed by atoms with van der Waals surface area (Å²) in [5.41, 5.74) is 4.07. The van der Waals surface area contributed by atoms with Crippen molar-refractivity contribution < 1.29 is 9.59 Å². The third-order valence-electron chi connectivity index (χ3n) is 7.40. The lowest BCUT2D eigenvalue weighted by atomic mass is 9.88. The third kappa shape index (κ3) is 5.39. The number of aromatic nitrogens is 4. The highest BCUT2D eigenvalue weighted by atomic mass is 35.5. The molecular formula is C28H33ClN6O2. The number of nitrogens with one attached hydrogen (secondary N) is 2. The lowest BCUT2D eigenvalue weighted by molar-refractivity contribution is -0.119. The Morgan fingerprint density at radius 1 is 1.03 bits per heavy atom. The largest absolute Gasteiger partial charge is 0.339 e. The third-order valence-corrected chi connectivity index (χ3v) is 7.69. The normalized spacial score (nSPS) is 16.2. The summed E-state index contributed by atoms with van der Waals surface area (Å²) in [5.74, 6) is 0.812. The smallest absolute Gasteiger partial charge is 0.270 e. The van der Waals surface area contributed by atoms with E-state index in [-0.39, 0.29) is 23.8 Å². The maximum atomic E-state index is 13.7. The molecule has 2 saturated carbocycles. The molecule has 0 spiro atoms. The minimum atomic E-state index is -0.661. The van der Waals surface area contributed by atoms with E-state index in [4.69, 9.17) is 11.6 Å². The van der Waals surface area contributed by atoms with Gasteiger partial charge in [-0.3, -0.25) is 19.3 Å². The molecule has 194 valence electrons. The van der Waals surface area contributed by atoms with E-state index in [0.717, 1.165) is 48.1 Å². The molecule has 2 aliphatic rings. The van der Waals surface area contributed by atoms with Crippen molar-refractivity contribution >= 4 is 29.2 Å². The molecule has 1 atom stereocenters. The molecule has 5 rings (SSSR count). The summed E-state index contributed by atoms with van der Waals surface area (Å²) >= 11 is 6.58. The van der Waals surface area contributed by atoms with Gasteiger partial charge >= 0.3 is 0 Å². The Bertz CT molecular complexity index is 1300. The van der Waals surface area contributed by atoms with Crippen molar-refractivity contribution in [3.8, 4) is 11.1 Å². The Hall–Kier alpha value is -3.26. The van der Waals surface area contributed by atoms with Gasteiger partial charge in [-0.25, -0.2) is 4.98 Å². The summed E-state index contributed by atoms with van der Waals surface area (Å²) in [6, 6.07) is 6.60. The van der Waals surface area contributed by atoms with Gasteiger partial charge in [0.25, 0.3) is 5.91 Å². The van der Waals surface area contributed by atoms with Crippen molar-refractivity contribution in [3.05, 3.63) is 58.8 Å². The maximum absolute atomic E-state index is 13.7. The van der Waals surface area contributed by atoms with Crippen molar-refractivity contribution in [2.45, 2.75) is 65.5 Å². The van der Waals surface area contributed by atoms with E-state index in [1.54, 1.807) is 29.2 Å². The van der Waals surface area contributed by atoms with Crippen LogP contribution in [0.5, 0.6) is 0 Å². The number of halogens is 1. The molecule has 0 unspecified atom stereocenters. The first-order chi connectivity index (χ1) is 17.7. The molecule has 2 aliphatic carbocycles. The Morgan fingerprint density at radius 2 is 1.73 bits per heavy atom. The zero-order chi connectivity index (χ0) is 26.3. The summed E-state index contributed by atoms with van der Waals surface area (Å²) in [5, 5.41) is 10.6. The Morgan fingerprint density at radius 3 is 2.32 bits per heavy atom. The van der Waals surface area contributed by atoms with Crippen LogP contribution in [0.2, 0.25) is 5.15 Å². The van der Waals surface area contributed by atoms with Crippen LogP contribution in [0.4, 0.5) is 5.82 Å². The van der Waals surface area contributed by atoms with Crippen LogP contribution in [0.25, 0.3) is 11.1 Å². The first-order valence-electron chi connectivity index (χ1n) is 13.0. The molecule has 2 amide bonds. The zero-order valence-corrected chi connectivity index (χ0v) is 22.4. The first-order valence-corrected chi connectivity index (χ1v) is 13.4. The van der Waals surface area contributed by atoms with E-state index in [2.05, 4.69) is 25.7 Å². The van der Waals surface area contributed by atoms with Crippen LogP contribution in [-0.4, -0.2) is 37.6 Å². The van der Waals surface area contributed by atoms with Crippen LogP contribution in [-0.2, 0) is 4.79 Å². The molecule has 2 fully saturated rings. The van der Waals surface area contributed by atoms with Gasteiger partial charge in [0, 0.05) is 35.3 Å². The SMILES string of the molecule is Cc1ccnc(C)c1-c1ccc(NC(=O)[C@@H](NC(=O)c2ccnn2C(C)C)C(C2CC2)C2CC2)nc1Cl. The number of nitrogens with zero attached hydrogens (tertiary/aromatic N) is 4. The summed E-state index contributed by atoms with van der Waals surface area (Å²) in [6.45, 7) is 7.88. The second-order valence-corrected chi connectivity index (χ2v) is 10.9. The van der Waals surface area contributed by atoms with Gasteiger partial charge in [0.15, 0.2) is 0 Å². The molecule has 37 heavy (non-hydrogen) atoms. The summed E-state index contributed by atoms with van der Waals surface area (Å²) in [4.78, 5) is 35.8. The van der Waals surface area contributed by atoms with Crippen molar-refractivity contribution in [1.82, 2.24) is 25.1 Å². The van der Waals surface area contributed by atoms with Gasteiger partial charge in [0.1, 0.15) is 22.7 Å². The highest BCUT2D eigenvalue weighted by Gasteiger charge is 2.48. The zero-order valence-electron chi connectivity index (χ0n) is 21.7. The van der Waals surface area contributed by atoms with Crippen LogP contribution in [0, 0.1) is 31.6 Å². The molecule has 9 heteroatoms. The Labute approximate surface area is 222 Å². The summed E-state index contributed by atoms with van der Waals surface area (Å²) in [7, 11) is 0. The van der Waals surface area contributed by atoms with E-state index in [0.29, 0.717) is 28.5 Å². The topological polar surface area (TPSA) is 102 Å². The molecule has 8 nitrogen and oxygen atoms in total. The first kappa shape index (κ1) is 25.4. The van der Waals surface area contributed by atoms with Crippen LogP contribution in [0.1, 0.15) is 67.3 Å². The van der Waals surface area contributed by atoms with Gasteiger partial charge in [-0.05, 0) is 101 Å². The number of hydrogen-bond donors (Lipinski definition) is 2. The van der Waals surface area contributed by atoms with E-state index in [1.807, 2.05) is 39.8 Å². The van der Waals surface area contributed by atoms with Gasteiger partial charge in [0.2, 0.25) is 5.91 Å². The van der Waals surface area contributed by atoms with Crippen molar-refractivity contribution in [2.24, 2.45) is 17.8 Å². The fourth-order valence-electron chi connectivity index (χ4n) is 5.34. The minimum Gasteiger partial charge on any atom is -0.339 e. The number of pyridine rings is 2. The van der Waals surface area contributed by atoms with E-state index >= 15 is 0 Å². The Kier molecular flexibility index (Phi) is 7.03. The number of amides is 2. The molecule has 2 N–H and O–H groups in total. The van der Waals surface area contributed by atoms with Crippen LogP contribution >= 0.6 is 11.6 Å². The van der Waals surface area contributed by atoms with Gasteiger partial charge in [-0.1, -0.05) is 11.6 Å².